The molecule has 11 nitrogen and oxygen atoms in total. The van der Waals surface area contributed by atoms with Gasteiger partial charge in [0.25, 0.3) is 17.7 Å². The van der Waals surface area contributed by atoms with E-state index in [1.807, 2.05) is 0 Å². The SMILES string of the molecule is COc1ccc2c(c1)C(=O)N(C[C@@]1(c3cc4ccc5c(c4o3)[C@H](O)CNC5=O)NC(=O)NC1=O)C2. The summed E-state index contributed by atoms with van der Waals surface area (Å²) in [6.45, 7) is 0.0658. The Hall–Kier alpha value is -4.38. The van der Waals surface area contributed by atoms with Crippen LogP contribution in [0.1, 0.15) is 43.7 Å². The molecule has 2 atom stereocenters. The number of aliphatic hydroxyl groups excluding tert-OH is 1. The highest BCUT2D eigenvalue weighted by Crippen LogP contribution is 2.38. The molecule has 3 aliphatic rings. The van der Waals surface area contributed by atoms with Crippen LogP contribution < -0.4 is 20.7 Å². The topological polar surface area (TPSA) is 150 Å². The van der Waals surface area contributed by atoms with Gasteiger partial charge in [0.2, 0.25) is 0 Å². The van der Waals surface area contributed by atoms with Crippen LogP contribution in [0.5, 0.6) is 5.75 Å². The maximum absolute atomic E-state index is 13.2. The number of carbonyl (C=O) groups excluding carboxylic acids is 4. The maximum Gasteiger partial charge on any atom is 0.322 e. The molecule has 2 aromatic carbocycles. The number of carbonyl (C=O) groups is 4. The van der Waals surface area contributed by atoms with Crippen LogP contribution in [-0.4, -0.2) is 54.0 Å². The van der Waals surface area contributed by atoms with Gasteiger partial charge < -0.3 is 29.8 Å². The number of benzene rings is 2. The van der Waals surface area contributed by atoms with Gasteiger partial charge in [-0.25, -0.2) is 4.79 Å². The highest BCUT2D eigenvalue weighted by molar-refractivity contribution is 6.09. The molecule has 0 unspecified atom stereocenters. The normalized spacial score (nSPS) is 23.1. The Morgan fingerprint density at radius 1 is 1.14 bits per heavy atom. The van der Waals surface area contributed by atoms with Crippen LogP contribution >= 0.6 is 0 Å². The molecule has 3 aliphatic heterocycles. The van der Waals surface area contributed by atoms with Crippen LogP contribution in [0.15, 0.2) is 40.8 Å². The number of furan rings is 1. The van der Waals surface area contributed by atoms with Gasteiger partial charge in [0.1, 0.15) is 23.2 Å². The van der Waals surface area contributed by atoms with Crippen molar-refractivity contribution in [2.75, 3.05) is 20.2 Å². The van der Waals surface area contributed by atoms with Crippen molar-refractivity contribution >= 4 is 34.7 Å². The van der Waals surface area contributed by atoms with Crippen LogP contribution in [0.2, 0.25) is 0 Å². The summed E-state index contributed by atoms with van der Waals surface area (Å²) in [5.41, 5.74) is 0.348. The van der Waals surface area contributed by atoms with E-state index in [4.69, 9.17) is 9.15 Å². The summed E-state index contributed by atoms with van der Waals surface area (Å²) in [7, 11) is 1.51. The average molecular weight is 476 g/mol. The molecule has 1 aromatic heterocycles. The first-order chi connectivity index (χ1) is 16.8. The summed E-state index contributed by atoms with van der Waals surface area (Å²) < 4.78 is 11.3. The van der Waals surface area contributed by atoms with E-state index in [0.29, 0.717) is 22.3 Å². The molecule has 0 aliphatic carbocycles. The number of hydrogen-bond acceptors (Lipinski definition) is 7. The summed E-state index contributed by atoms with van der Waals surface area (Å²) in [5, 5.41) is 18.5. The third-order valence-corrected chi connectivity index (χ3v) is 6.75. The number of imide groups is 1. The van der Waals surface area contributed by atoms with Crippen molar-refractivity contribution in [1.29, 1.82) is 0 Å². The molecule has 11 heteroatoms. The third kappa shape index (κ3) is 3.01. The summed E-state index contributed by atoms with van der Waals surface area (Å²) in [5.74, 6) is -0.709. The van der Waals surface area contributed by atoms with E-state index in [2.05, 4.69) is 16.0 Å². The van der Waals surface area contributed by atoms with Gasteiger partial charge >= 0.3 is 6.03 Å². The van der Waals surface area contributed by atoms with Crippen molar-refractivity contribution in [1.82, 2.24) is 20.9 Å². The van der Waals surface area contributed by atoms with Gasteiger partial charge in [-0.2, -0.15) is 0 Å². The Morgan fingerprint density at radius 3 is 2.71 bits per heavy atom. The molecular formula is C24H20N4O7. The molecule has 0 bridgehead atoms. The molecule has 4 N–H and O–H groups in total. The molecule has 0 spiro atoms. The number of urea groups is 1. The first-order valence-electron chi connectivity index (χ1n) is 10.9. The number of β-amino-alcohol motifs (C(OH)–C–C–N with tert-alkyl or cyclic N) is 1. The first-order valence-corrected chi connectivity index (χ1v) is 10.9. The molecule has 0 saturated carbocycles. The Morgan fingerprint density at radius 2 is 1.97 bits per heavy atom. The Labute approximate surface area is 198 Å². The van der Waals surface area contributed by atoms with Crippen LogP contribution in [0.3, 0.4) is 0 Å². The van der Waals surface area contributed by atoms with Crippen molar-refractivity contribution in [2.45, 2.75) is 18.2 Å². The van der Waals surface area contributed by atoms with Crippen molar-refractivity contribution in [3.05, 3.63) is 64.4 Å². The average Bonchev–Trinajstić information content (AvgIpc) is 3.50. The van der Waals surface area contributed by atoms with Crippen LogP contribution in [0.25, 0.3) is 11.0 Å². The predicted octanol–water partition coefficient (Wildman–Crippen LogP) is 0.909. The molecule has 4 heterocycles. The Bertz CT molecular complexity index is 1460. The minimum Gasteiger partial charge on any atom is -0.497 e. The molecule has 5 amide bonds. The molecule has 6 rings (SSSR count). The fourth-order valence-corrected chi connectivity index (χ4v) is 4.99. The highest BCUT2D eigenvalue weighted by Gasteiger charge is 2.53. The third-order valence-electron chi connectivity index (χ3n) is 6.75. The van der Waals surface area contributed by atoms with Gasteiger partial charge in [-0.15, -0.1) is 0 Å². The monoisotopic (exact) mass is 476 g/mol. The van der Waals surface area contributed by atoms with E-state index >= 15 is 0 Å². The van der Waals surface area contributed by atoms with E-state index in [1.165, 1.54) is 12.0 Å². The largest absolute Gasteiger partial charge is 0.497 e. The van der Waals surface area contributed by atoms with Gasteiger partial charge in [0.15, 0.2) is 5.54 Å². The number of ether oxygens (including phenoxy) is 1. The van der Waals surface area contributed by atoms with Gasteiger partial charge in [-0.3, -0.25) is 19.7 Å². The molecule has 1 fully saturated rings. The van der Waals surface area contributed by atoms with E-state index in [9.17, 15) is 24.3 Å². The number of rotatable bonds is 4. The van der Waals surface area contributed by atoms with Gasteiger partial charge in [-0.05, 0) is 29.8 Å². The second-order valence-electron chi connectivity index (χ2n) is 8.78. The summed E-state index contributed by atoms with van der Waals surface area (Å²) in [4.78, 5) is 52.3. The standard InChI is InChI=1S/C24H20N4O7/c1-34-13-4-2-12-9-28(21(31)15(12)7-13)10-24(22(32)26-23(33)27-24)17-6-11-3-5-14-18(19(11)35-17)16(29)8-25-20(14)30/h2-7,16,29H,8-10H2,1H3,(H,25,30)(H2,26,27,32,33)/t16-,24+/m1/s1. The molecule has 1 saturated heterocycles. The zero-order valence-corrected chi connectivity index (χ0v) is 18.5. The van der Waals surface area contributed by atoms with E-state index in [-0.39, 0.29) is 48.4 Å². The second-order valence-corrected chi connectivity index (χ2v) is 8.78. The summed E-state index contributed by atoms with van der Waals surface area (Å²) in [6.07, 6.45) is -1.00. The summed E-state index contributed by atoms with van der Waals surface area (Å²) >= 11 is 0. The number of methoxy groups -OCH3 is 1. The number of amides is 5. The molecule has 3 aromatic rings. The van der Waals surface area contributed by atoms with Crippen molar-refractivity contribution in [3.8, 4) is 5.75 Å². The number of nitrogens with zero attached hydrogens (tertiary/aromatic N) is 1. The van der Waals surface area contributed by atoms with Gasteiger partial charge in [0.05, 0.1) is 13.7 Å². The lowest BCUT2D eigenvalue weighted by molar-refractivity contribution is -0.125. The fraction of sp³-hybridized carbons (Fsp3) is 0.250. The van der Waals surface area contributed by atoms with E-state index in [1.54, 1.807) is 36.4 Å². The molecular weight excluding hydrogens is 456 g/mol. The van der Waals surface area contributed by atoms with Crippen molar-refractivity contribution in [3.63, 3.8) is 0 Å². The van der Waals surface area contributed by atoms with E-state index in [0.717, 1.165) is 5.56 Å². The van der Waals surface area contributed by atoms with Crippen molar-refractivity contribution < 1.29 is 33.4 Å². The van der Waals surface area contributed by atoms with Crippen LogP contribution in [-0.2, 0) is 16.9 Å². The highest BCUT2D eigenvalue weighted by atomic mass is 16.5. The van der Waals surface area contributed by atoms with Crippen LogP contribution in [0, 0.1) is 0 Å². The minimum absolute atomic E-state index is 0.0212. The van der Waals surface area contributed by atoms with Crippen molar-refractivity contribution in [2.24, 2.45) is 0 Å². The second kappa shape index (κ2) is 7.31. The van der Waals surface area contributed by atoms with E-state index < -0.39 is 23.6 Å². The quantitative estimate of drug-likeness (QED) is 0.409. The fourth-order valence-electron chi connectivity index (χ4n) is 4.99. The Balaban J connectivity index is 1.44. The zero-order chi connectivity index (χ0) is 24.5. The Kier molecular flexibility index (Phi) is 4.42. The molecule has 35 heavy (non-hydrogen) atoms. The first kappa shape index (κ1) is 21.2. The van der Waals surface area contributed by atoms with Gasteiger partial charge in [-0.1, -0.05) is 12.1 Å². The lowest BCUT2D eigenvalue weighted by atomic mass is 9.94. The predicted molar refractivity (Wildman–Crippen MR) is 120 cm³/mol. The zero-order valence-electron chi connectivity index (χ0n) is 18.5. The summed E-state index contributed by atoms with van der Waals surface area (Å²) in [6, 6.07) is 9.25. The number of nitrogens with one attached hydrogen (secondary N) is 3. The smallest absolute Gasteiger partial charge is 0.322 e. The van der Waals surface area contributed by atoms with Crippen LogP contribution in [0.4, 0.5) is 4.79 Å². The number of fused-ring (bicyclic) bond motifs is 4. The lowest BCUT2D eigenvalue weighted by Crippen LogP contribution is -2.52. The maximum atomic E-state index is 13.2. The molecule has 178 valence electrons. The minimum atomic E-state index is -1.70. The van der Waals surface area contributed by atoms with Gasteiger partial charge in [0, 0.05) is 35.2 Å². The number of aliphatic hydroxyl groups is 1. The number of hydrogen-bond donors (Lipinski definition) is 4. The molecule has 0 radical (unpaired) electrons. The lowest BCUT2D eigenvalue weighted by Gasteiger charge is -2.29.